The summed E-state index contributed by atoms with van der Waals surface area (Å²) >= 11 is 0. The smallest absolute Gasteiger partial charge is 0.222 e. The lowest BCUT2D eigenvalue weighted by atomic mass is 10.0. The van der Waals surface area contributed by atoms with Crippen molar-refractivity contribution in [3.63, 3.8) is 0 Å². The highest BCUT2D eigenvalue weighted by Gasteiger charge is 2.25. The Bertz CT molecular complexity index is 307. The first-order valence-electron chi connectivity index (χ1n) is 8.96. The van der Waals surface area contributed by atoms with Gasteiger partial charge in [-0.15, -0.1) is 0 Å². The van der Waals surface area contributed by atoms with Gasteiger partial charge in [0.25, 0.3) is 0 Å². The van der Waals surface area contributed by atoms with E-state index >= 15 is 0 Å². The Hall–Kier alpha value is -0.610. The molecular weight excluding hydrogens is 262 g/mol. The average Bonchev–Trinajstić information content (AvgIpc) is 3.04. The molecule has 1 amide bonds. The molecule has 1 aliphatic heterocycles. The molecule has 1 unspecified atom stereocenters. The number of carbonyl (C=O) groups is 1. The predicted octanol–water partition coefficient (Wildman–Crippen LogP) is 2.23. The first-order chi connectivity index (χ1) is 10.2. The van der Waals surface area contributed by atoms with Crippen molar-refractivity contribution in [3.05, 3.63) is 0 Å². The van der Waals surface area contributed by atoms with Gasteiger partial charge in [0.2, 0.25) is 5.91 Å². The Kier molecular flexibility index (Phi) is 6.97. The molecule has 1 atom stereocenters. The van der Waals surface area contributed by atoms with Gasteiger partial charge in [0, 0.05) is 38.6 Å². The fraction of sp³-hybridized carbons (Fsp3) is 0.941. The van der Waals surface area contributed by atoms with Gasteiger partial charge in [-0.25, -0.2) is 0 Å². The standard InChI is InChI=1S/C17H33N3O/c1-2-16(9-10-18)19-11-13-20(14-12-19)17(21)8-7-15-5-3-4-6-15/h15-16H,2-14,18H2,1H3. The molecule has 0 bridgehead atoms. The van der Waals surface area contributed by atoms with Crippen molar-refractivity contribution in [2.75, 3.05) is 32.7 Å². The van der Waals surface area contributed by atoms with Gasteiger partial charge < -0.3 is 10.6 Å². The van der Waals surface area contributed by atoms with E-state index in [2.05, 4.69) is 16.7 Å². The van der Waals surface area contributed by atoms with Gasteiger partial charge in [-0.05, 0) is 31.7 Å². The molecule has 1 aliphatic carbocycles. The fourth-order valence-electron chi connectivity index (χ4n) is 3.96. The summed E-state index contributed by atoms with van der Waals surface area (Å²) in [7, 11) is 0. The van der Waals surface area contributed by atoms with Crippen molar-refractivity contribution in [2.45, 2.75) is 64.3 Å². The van der Waals surface area contributed by atoms with Crippen LogP contribution in [0, 0.1) is 5.92 Å². The van der Waals surface area contributed by atoms with E-state index in [1.807, 2.05) is 0 Å². The zero-order valence-electron chi connectivity index (χ0n) is 13.7. The molecule has 0 aromatic rings. The highest BCUT2D eigenvalue weighted by atomic mass is 16.2. The third-order valence-electron chi connectivity index (χ3n) is 5.40. The van der Waals surface area contributed by atoms with Crippen molar-refractivity contribution in [1.82, 2.24) is 9.80 Å². The third kappa shape index (κ3) is 4.96. The molecule has 122 valence electrons. The molecule has 0 aromatic heterocycles. The molecule has 2 rings (SSSR count). The molecule has 0 spiro atoms. The van der Waals surface area contributed by atoms with Crippen LogP contribution in [0.5, 0.6) is 0 Å². The van der Waals surface area contributed by atoms with E-state index in [1.165, 1.54) is 25.7 Å². The number of piperazine rings is 1. The lowest BCUT2D eigenvalue weighted by Gasteiger charge is -2.39. The Labute approximate surface area is 130 Å². The number of hydrogen-bond acceptors (Lipinski definition) is 3. The molecule has 0 aromatic carbocycles. The lowest BCUT2D eigenvalue weighted by Crippen LogP contribution is -2.52. The zero-order chi connectivity index (χ0) is 15.1. The van der Waals surface area contributed by atoms with Crippen LogP contribution in [0.4, 0.5) is 0 Å². The first kappa shape index (κ1) is 16.8. The van der Waals surface area contributed by atoms with Crippen molar-refractivity contribution >= 4 is 5.91 Å². The van der Waals surface area contributed by atoms with E-state index < -0.39 is 0 Å². The summed E-state index contributed by atoms with van der Waals surface area (Å²) in [6, 6.07) is 0.603. The summed E-state index contributed by atoms with van der Waals surface area (Å²) in [5.41, 5.74) is 5.70. The van der Waals surface area contributed by atoms with Gasteiger partial charge in [-0.2, -0.15) is 0 Å². The molecule has 2 aliphatic rings. The van der Waals surface area contributed by atoms with Crippen LogP contribution in [0.1, 0.15) is 58.3 Å². The minimum atomic E-state index is 0.383. The van der Waals surface area contributed by atoms with Gasteiger partial charge in [-0.3, -0.25) is 9.69 Å². The van der Waals surface area contributed by atoms with Gasteiger partial charge in [0.1, 0.15) is 0 Å². The van der Waals surface area contributed by atoms with E-state index in [0.717, 1.165) is 64.3 Å². The minimum Gasteiger partial charge on any atom is -0.340 e. The SMILES string of the molecule is CCC(CCN)N1CCN(C(=O)CCC2CCCC2)CC1. The Morgan fingerprint density at radius 2 is 1.86 bits per heavy atom. The highest BCUT2D eigenvalue weighted by Crippen LogP contribution is 2.28. The van der Waals surface area contributed by atoms with Gasteiger partial charge >= 0.3 is 0 Å². The second-order valence-corrected chi connectivity index (χ2v) is 6.75. The van der Waals surface area contributed by atoms with Crippen LogP contribution in [0.2, 0.25) is 0 Å². The van der Waals surface area contributed by atoms with E-state index in [0.29, 0.717) is 11.9 Å². The van der Waals surface area contributed by atoms with Crippen LogP contribution < -0.4 is 5.73 Å². The van der Waals surface area contributed by atoms with E-state index in [4.69, 9.17) is 5.73 Å². The summed E-state index contributed by atoms with van der Waals surface area (Å²) in [4.78, 5) is 16.9. The van der Waals surface area contributed by atoms with Crippen molar-refractivity contribution in [1.29, 1.82) is 0 Å². The molecular formula is C17H33N3O. The summed E-state index contributed by atoms with van der Waals surface area (Å²) in [6.07, 6.45) is 9.55. The third-order valence-corrected chi connectivity index (χ3v) is 5.40. The number of carbonyl (C=O) groups excluding carboxylic acids is 1. The average molecular weight is 295 g/mol. The first-order valence-corrected chi connectivity index (χ1v) is 8.96. The number of amides is 1. The van der Waals surface area contributed by atoms with Crippen LogP contribution in [-0.4, -0.2) is 54.5 Å². The van der Waals surface area contributed by atoms with Crippen LogP contribution in [0.15, 0.2) is 0 Å². The fourth-order valence-corrected chi connectivity index (χ4v) is 3.96. The lowest BCUT2D eigenvalue weighted by molar-refractivity contribution is -0.133. The molecule has 1 saturated carbocycles. The van der Waals surface area contributed by atoms with E-state index in [9.17, 15) is 4.79 Å². The molecule has 2 N–H and O–H groups in total. The molecule has 1 heterocycles. The van der Waals surface area contributed by atoms with Gasteiger partial charge in [0.05, 0.1) is 0 Å². The maximum absolute atomic E-state index is 12.3. The van der Waals surface area contributed by atoms with Crippen LogP contribution >= 0.6 is 0 Å². The highest BCUT2D eigenvalue weighted by molar-refractivity contribution is 5.76. The maximum Gasteiger partial charge on any atom is 0.222 e. The summed E-state index contributed by atoms with van der Waals surface area (Å²) in [5.74, 6) is 1.21. The second-order valence-electron chi connectivity index (χ2n) is 6.75. The summed E-state index contributed by atoms with van der Waals surface area (Å²) in [6.45, 7) is 6.86. The minimum absolute atomic E-state index is 0.383. The molecule has 4 nitrogen and oxygen atoms in total. The largest absolute Gasteiger partial charge is 0.340 e. The molecule has 1 saturated heterocycles. The zero-order valence-corrected chi connectivity index (χ0v) is 13.7. The predicted molar refractivity (Wildman–Crippen MR) is 87.1 cm³/mol. The van der Waals surface area contributed by atoms with E-state index in [1.54, 1.807) is 0 Å². The number of rotatable bonds is 7. The summed E-state index contributed by atoms with van der Waals surface area (Å²) in [5, 5.41) is 0. The van der Waals surface area contributed by atoms with Gasteiger partial charge in [0.15, 0.2) is 0 Å². The monoisotopic (exact) mass is 295 g/mol. The molecule has 21 heavy (non-hydrogen) atoms. The normalized spacial score (nSPS) is 22.7. The molecule has 4 heteroatoms. The second kappa shape index (κ2) is 8.74. The number of nitrogens with zero attached hydrogens (tertiary/aromatic N) is 2. The van der Waals surface area contributed by atoms with Crippen LogP contribution in [-0.2, 0) is 4.79 Å². The molecule has 2 fully saturated rings. The molecule has 0 radical (unpaired) electrons. The quantitative estimate of drug-likeness (QED) is 0.783. The Morgan fingerprint density at radius 3 is 2.43 bits per heavy atom. The van der Waals surface area contributed by atoms with Crippen molar-refractivity contribution in [3.8, 4) is 0 Å². The number of nitrogens with two attached hydrogens (primary N) is 1. The topological polar surface area (TPSA) is 49.6 Å². The van der Waals surface area contributed by atoms with Gasteiger partial charge in [-0.1, -0.05) is 32.6 Å². The van der Waals surface area contributed by atoms with E-state index in [-0.39, 0.29) is 0 Å². The maximum atomic E-state index is 12.3. The van der Waals surface area contributed by atoms with Crippen molar-refractivity contribution in [2.24, 2.45) is 11.7 Å². The van der Waals surface area contributed by atoms with Crippen molar-refractivity contribution < 1.29 is 4.79 Å². The van der Waals surface area contributed by atoms with Crippen LogP contribution in [0.3, 0.4) is 0 Å². The number of hydrogen-bond donors (Lipinski definition) is 1. The van der Waals surface area contributed by atoms with Crippen LogP contribution in [0.25, 0.3) is 0 Å². The Morgan fingerprint density at radius 1 is 1.19 bits per heavy atom. The summed E-state index contributed by atoms with van der Waals surface area (Å²) < 4.78 is 0. The Balaban J connectivity index is 1.68.